The fourth-order valence-corrected chi connectivity index (χ4v) is 1.62. The second-order valence-corrected chi connectivity index (χ2v) is 3.89. The second kappa shape index (κ2) is 6.97. The van der Waals surface area contributed by atoms with E-state index in [0.717, 1.165) is 5.57 Å². The molecule has 0 aliphatic rings. The Morgan fingerprint density at radius 2 is 1.37 bits per heavy atom. The number of rotatable bonds is 2. The van der Waals surface area contributed by atoms with E-state index < -0.39 is 0 Å². The molecule has 2 heteroatoms. The number of hydrogen-bond acceptors (Lipinski definition) is 2. The summed E-state index contributed by atoms with van der Waals surface area (Å²) < 4.78 is 4.47. The molecule has 0 saturated carbocycles. The van der Waals surface area contributed by atoms with Crippen LogP contribution in [0.3, 0.4) is 0 Å². The minimum absolute atomic E-state index is 1.08. The molecule has 0 aliphatic carbocycles. The van der Waals surface area contributed by atoms with Crippen LogP contribution in [0.5, 0.6) is 0 Å². The highest BCUT2D eigenvalue weighted by Crippen LogP contribution is 2.20. The van der Waals surface area contributed by atoms with Crippen molar-refractivity contribution in [2.75, 3.05) is 0 Å². The normalized spacial score (nSPS) is 9.26. The molecule has 1 aromatic heterocycles. The second-order valence-electron chi connectivity index (χ2n) is 3.89. The standard InChI is InChI=1S/C14H12.C3H3NO/c1-12(13-8-4-2-5-9-13)14-10-6-3-7-11-14;1-2-5-3-4-1/h2-11H,1H2;1-3H. The number of nitrogens with zero attached hydrogens (tertiary/aromatic N) is 1. The lowest BCUT2D eigenvalue weighted by Gasteiger charge is -2.04. The lowest BCUT2D eigenvalue weighted by atomic mass is 10.0. The molecule has 0 radical (unpaired) electrons. The molecule has 0 aliphatic heterocycles. The van der Waals surface area contributed by atoms with E-state index >= 15 is 0 Å². The van der Waals surface area contributed by atoms with Gasteiger partial charge in [-0.1, -0.05) is 67.2 Å². The Hall–Kier alpha value is -2.61. The zero-order valence-electron chi connectivity index (χ0n) is 10.6. The van der Waals surface area contributed by atoms with Crippen LogP contribution < -0.4 is 0 Å². The average molecular weight is 249 g/mol. The summed E-state index contributed by atoms with van der Waals surface area (Å²) in [6, 6.07) is 20.5. The Bertz CT molecular complexity index is 527. The highest BCUT2D eigenvalue weighted by molar-refractivity contribution is 5.77. The van der Waals surface area contributed by atoms with Gasteiger partial charge in [0.15, 0.2) is 6.39 Å². The number of oxazole rings is 1. The fraction of sp³-hybridized carbons (Fsp3) is 0. The molecule has 0 unspecified atom stereocenters. The van der Waals surface area contributed by atoms with Crippen molar-refractivity contribution in [3.63, 3.8) is 0 Å². The maximum Gasteiger partial charge on any atom is 0.180 e. The first kappa shape index (κ1) is 12.8. The van der Waals surface area contributed by atoms with Crippen molar-refractivity contribution in [1.29, 1.82) is 0 Å². The van der Waals surface area contributed by atoms with Crippen LogP contribution in [0.4, 0.5) is 0 Å². The molecule has 0 bridgehead atoms. The molecule has 19 heavy (non-hydrogen) atoms. The van der Waals surface area contributed by atoms with Crippen LogP contribution in [-0.2, 0) is 0 Å². The summed E-state index contributed by atoms with van der Waals surface area (Å²) in [7, 11) is 0. The van der Waals surface area contributed by atoms with Crippen molar-refractivity contribution in [3.8, 4) is 0 Å². The van der Waals surface area contributed by atoms with Crippen molar-refractivity contribution in [3.05, 3.63) is 97.2 Å². The smallest absolute Gasteiger partial charge is 0.180 e. The van der Waals surface area contributed by atoms with Crippen LogP contribution in [0, 0.1) is 0 Å². The largest absolute Gasteiger partial charge is 0.452 e. The lowest BCUT2D eigenvalue weighted by molar-refractivity contribution is 0.558. The van der Waals surface area contributed by atoms with Gasteiger partial charge in [-0.3, -0.25) is 0 Å². The van der Waals surface area contributed by atoms with E-state index in [2.05, 4.69) is 40.2 Å². The Morgan fingerprint density at radius 3 is 1.68 bits per heavy atom. The molecular formula is C17H15NO. The van der Waals surface area contributed by atoms with Gasteiger partial charge in [0.25, 0.3) is 0 Å². The third-order valence-corrected chi connectivity index (χ3v) is 2.59. The van der Waals surface area contributed by atoms with Gasteiger partial charge in [0.1, 0.15) is 6.26 Å². The first-order valence-corrected chi connectivity index (χ1v) is 6.00. The number of benzene rings is 2. The van der Waals surface area contributed by atoms with E-state index in [9.17, 15) is 0 Å². The molecule has 3 rings (SSSR count). The van der Waals surface area contributed by atoms with Crippen LogP contribution in [0.2, 0.25) is 0 Å². The molecule has 94 valence electrons. The van der Waals surface area contributed by atoms with Gasteiger partial charge in [0.2, 0.25) is 0 Å². The van der Waals surface area contributed by atoms with Gasteiger partial charge >= 0.3 is 0 Å². The molecule has 0 atom stereocenters. The summed E-state index contributed by atoms with van der Waals surface area (Å²) in [5.41, 5.74) is 3.43. The zero-order valence-corrected chi connectivity index (χ0v) is 10.6. The van der Waals surface area contributed by atoms with E-state index in [0.29, 0.717) is 0 Å². The minimum Gasteiger partial charge on any atom is -0.452 e. The van der Waals surface area contributed by atoms with E-state index in [4.69, 9.17) is 0 Å². The van der Waals surface area contributed by atoms with Crippen molar-refractivity contribution < 1.29 is 4.42 Å². The Labute approximate surface area is 113 Å². The summed E-state index contributed by atoms with van der Waals surface area (Å²) in [4.78, 5) is 3.56. The van der Waals surface area contributed by atoms with Gasteiger partial charge < -0.3 is 4.42 Å². The first-order valence-electron chi connectivity index (χ1n) is 6.00. The van der Waals surface area contributed by atoms with Crippen molar-refractivity contribution in [1.82, 2.24) is 4.98 Å². The molecule has 0 spiro atoms. The quantitative estimate of drug-likeness (QED) is 0.671. The molecule has 2 aromatic carbocycles. The lowest BCUT2D eigenvalue weighted by Crippen LogP contribution is -1.84. The molecule has 3 aromatic rings. The van der Waals surface area contributed by atoms with E-state index in [1.807, 2.05) is 36.4 Å². The fourth-order valence-electron chi connectivity index (χ4n) is 1.62. The predicted molar refractivity (Wildman–Crippen MR) is 77.5 cm³/mol. The summed E-state index contributed by atoms with van der Waals surface area (Å²) in [6.45, 7) is 4.10. The van der Waals surface area contributed by atoms with Gasteiger partial charge in [-0.25, -0.2) is 4.98 Å². The maximum atomic E-state index is 4.47. The average Bonchev–Trinajstić information content (AvgIpc) is 3.08. The van der Waals surface area contributed by atoms with E-state index in [-0.39, 0.29) is 0 Å². The monoisotopic (exact) mass is 249 g/mol. The van der Waals surface area contributed by atoms with Crippen LogP contribution in [0.1, 0.15) is 11.1 Å². The molecule has 0 saturated heterocycles. The first-order chi connectivity index (χ1) is 9.38. The van der Waals surface area contributed by atoms with Crippen molar-refractivity contribution in [2.45, 2.75) is 0 Å². The molecule has 0 fully saturated rings. The maximum absolute atomic E-state index is 4.47. The minimum atomic E-state index is 1.08. The topological polar surface area (TPSA) is 26.0 Å². The highest BCUT2D eigenvalue weighted by Gasteiger charge is 1.99. The van der Waals surface area contributed by atoms with E-state index in [1.165, 1.54) is 23.8 Å². The molecule has 0 amide bonds. The summed E-state index contributed by atoms with van der Waals surface area (Å²) in [5.74, 6) is 0. The van der Waals surface area contributed by atoms with Crippen LogP contribution in [0.15, 0.2) is 90.5 Å². The summed E-state index contributed by atoms with van der Waals surface area (Å²) >= 11 is 0. The van der Waals surface area contributed by atoms with Crippen LogP contribution in [-0.4, -0.2) is 4.98 Å². The number of hydrogen-bond donors (Lipinski definition) is 0. The van der Waals surface area contributed by atoms with Crippen LogP contribution >= 0.6 is 0 Å². The van der Waals surface area contributed by atoms with Gasteiger partial charge in [-0.15, -0.1) is 0 Å². The van der Waals surface area contributed by atoms with E-state index in [1.54, 1.807) is 6.20 Å². The summed E-state index contributed by atoms with van der Waals surface area (Å²) in [5, 5.41) is 0. The van der Waals surface area contributed by atoms with Crippen molar-refractivity contribution >= 4 is 5.57 Å². The van der Waals surface area contributed by atoms with Crippen LogP contribution in [0.25, 0.3) is 5.57 Å². The Balaban J connectivity index is 0.000000224. The Kier molecular flexibility index (Phi) is 4.71. The Morgan fingerprint density at radius 1 is 0.842 bits per heavy atom. The number of aromatic nitrogens is 1. The van der Waals surface area contributed by atoms with Gasteiger partial charge in [-0.05, 0) is 16.7 Å². The van der Waals surface area contributed by atoms with Crippen molar-refractivity contribution in [2.24, 2.45) is 0 Å². The van der Waals surface area contributed by atoms with Gasteiger partial charge in [0, 0.05) is 0 Å². The molecule has 0 N–H and O–H groups in total. The third kappa shape index (κ3) is 3.96. The van der Waals surface area contributed by atoms with Gasteiger partial charge in [0.05, 0.1) is 6.20 Å². The molecule has 2 nitrogen and oxygen atoms in total. The molecular weight excluding hydrogens is 234 g/mol. The predicted octanol–water partition coefficient (Wildman–Crippen LogP) is 4.42. The highest BCUT2D eigenvalue weighted by atomic mass is 16.3. The SMILES string of the molecule is C=C(c1ccccc1)c1ccccc1.c1cocn1. The third-order valence-electron chi connectivity index (χ3n) is 2.59. The molecule has 1 heterocycles. The van der Waals surface area contributed by atoms with Gasteiger partial charge in [-0.2, -0.15) is 0 Å². The zero-order chi connectivity index (χ0) is 13.3. The summed E-state index contributed by atoms with van der Waals surface area (Å²) in [6.07, 6.45) is 4.47.